The molecular weight excluding hydrogens is 230 g/mol. The number of benzene rings is 1. The van der Waals surface area contributed by atoms with E-state index in [0.717, 1.165) is 5.56 Å². The van der Waals surface area contributed by atoms with Gasteiger partial charge in [0.25, 0.3) is 0 Å². The Kier molecular flexibility index (Phi) is 6.39. The summed E-state index contributed by atoms with van der Waals surface area (Å²) in [5, 5.41) is 1.25. The molecule has 0 spiro atoms. The highest BCUT2D eigenvalue weighted by Crippen LogP contribution is 2.08. The molecule has 0 aliphatic rings. The van der Waals surface area contributed by atoms with E-state index in [1.54, 1.807) is 7.05 Å². The van der Waals surface area contributed by atoms with Crippen molar-refractivity contribution in [3.8, 4) is 0 Å². The monoisotopic (exact) mass is 251 g/mol. The molecule has 1 atom stereocenters. The van der Waals surface area contributed by atoms with Gasteiger partial charge in [0, 0.05) is 19.6 Å². The van der Waals surface area contributed by atoms with Crippen LogP contribution in [-0.4, -0.2) is 31.7 Å². The van der Waals surface area contributed by atoms with Crippen LogP contribution in [0.2, 0.25) is 0 Å². The summed E-state index contributed by atoms with van der Waals surface area (Å²) < 4.78 is 5.54. The summed E-state index contributed by atoms with van der Waals surface area (Å²) in [5.41, 5.74) is 1.14. The molecule has 1 amide bonds. The van der Waals surface area contributed by atoms with E-state index in [2.05, 4.69) is 0 Å². The second-order valence-electron chi connectivity index (χ2n) is 4.25. The van der Waals surface area contributed by atoms with Crippen LogP contribution in [0.25, 0.3) is 0 Å². The van der Waals surface area contributed by atoms with Crippen LogP contribution in [0.15, 0.2) is 30.3 Å². The molecule has 0 aromatic heterocycles. The summed E-state index contributed by atoms with van der Waals surface area (Å²) in [4.78, 5) is 16.5. The number of hydrogen-bond donors (Lipinski definition) is 0. The van der Waals surface area contributed by atoms with Gasteiger partial charge < -0.3 is 4.74 Å². The van der Waals surface area contributed by atoms with Gasteiger partial charge in [-0.1, -0.05) is 37.3 Å². The zero-order valence-electron chi connectivity index (χ0n) is 11.3. The number of carbonyl (C=O) groups is 1. The number of rotatable bonds is 7. The Morgan fingerprint density at radius 3 is 2.61 bits per heavy atom. The molecule has 1 aromatic rings. The molecule has 18 heavy (non-hydrogen) atoms. The lowest BCUT2D eigenvalue weighted by atomic mass is 10.1. The van der Waals surface area contributed by atoms with Crippen molar-refractivity contribution in [1.82, 2.24) is 5.06 Å². The number of carbonyl (C=O) groups excluding carboxylic acids is 1. The number of ether oxygens (including phenoxy) is 1. The van der Waals surface area contributed by atoms with Crippen molar-refractivity contribution in [2.45, 2.75) is 20.0 Å². The highest BCUT2D eigenvalue weighted by molar-refractivity contribution is 5.77. The molecule has 0 saturated heterocycles. The van der Waals surface area contributed by atoms with Gasteiger partial charge in [-0.15, -0.1) is 0 Å². The first kappa shape index (κ1) is 14.7. The maximum absolute atomic E-state index is 11.7. The first-order chi connectivity index (χ1) is 8.65. The van der Waals surface area contributed by atoms with E-state index in [1.165, 1.54) is 12.2 Å². The Morgan fingerprint density at radius 1 is 1.33 bits per heavy atom. The first-order valence-corrected chi connectivity index (χ1v) is 6.08. The van der Waals surface area contributed by atoms with Gasteiger partial charge in [-0.2, -0.15) is 0 Å². The molecule has 1 rings (SSSR count). The summed E-state index contributed by atoms with van der Waals surface area (Å²) in [6.07, 6.45) is 0.694. The Labute approximate surface area is 108 Å². The van der Waals surface area contributed by atoms with E-state index >= 15 is 0 Å². The van der Waals surface area contributed by atoms with Gasteiger partial charge in [0.05, 0.1) is 13.7 Å². The smallest absolute Gasteiger partial charge is 0.248 e. The average Bonchev–Trinajstić information content (AvgIpc) is 2.42. The van der Waals surface area contributed by atoms with Crippen LogP contribution in [0.3, 0.4) is 0 Å². The molecule has 0 fully saturated rings. The zero-order chi connectivity index (χ0) is 13.4. The normalized spacial score (nSPS) is 12.2. The Morgan fingerprint density at radius 2 is 2.00 bits per heavy atom. The molecular formula is C14H21NO3. The predicted octanol–water partition coefficient (Wildman–Crippen LogP) is 2.25. The van der Waals surface area contributed by atoms with E-state index in [4.69, 9.17) is 9.57 Å². The largest absolute Gasteiger partial charge is 0.377 e. The van der Waals surface area contributed by atoms with Crippen molar-refractivity contribution in [1.29, 1.82) is 0 Å². The van der Waals surface area contributed by atoms with Gasteiger partial charge in [-0.05, 0) is 12.0 Å². The summed E-state index contributed by atoms with van der Waals surface area (Å²) in [6.45, 7) is 3.03. The highest BCUT2D eigenvalue weighted by Gasteiger charge is 2.16. The molecule has 1 aromatic carbocycles. The lowest BCUT2D eigenvalue weighted by Crippen LogP contribution is -2.31. The molecule has 0 saturated carbocycles. The fourth-order valence-corrected chi connectivity index (χ4v) is 1.55. The molecule has 4 nitrogen and oxygen atoms in total. The molecule has 0 radical (unpaired) electrons. The van der Waals surface area contributed by atoms with Gasteiger partial charge in [0.15, 0.2) is 0 Å². The third kappa shape index (κ3) is 4.85. The van der Waals surface area contributed by atoms with Crippen LogP contribution in [0.1, 0.15) is 18.9 Å². The Bertz CT molecular complexity index is 353. The molecule has 4 heteroatoms. The second kappa shape index (κ2) is 7.84. The number of nitrogens with zero attached hydrogens (tertiary/aromatic N) is 1. The average molecular weight is 251 g/mol. The lowest BCUT2D eigenvalue weighted by Gasteiger charge is -2.18. The van der Waals surface area contributed by atoms with E-state index in [-0.39, 0.29) is 11.8 Å². The summed E-state index contributed by atoms with van der Waals surface area (Å²) in [7, 11) is 3.10. The SMILES string of the molecule is CON(C)C(=O)C(C)CCOCc1ccccc1. The van der Waals surface area contributed by atoms with Gasteiger partial charge in [-0.25, -0.2) is 5.06 Å². The number of hydroxylamine groups is 2. The lowest BCUT2D eigenvalue weighted by molar-refractivity contribution is -0.173. The second-order valence-corrected chi connectivity index (χ2v) is 4.25. The molecule has 1 unspecified atom stereocenters. The minimum Gasteiger partial charge on any atom is -0.377 e. The van der Waals surface area contributed by atoms with Crippen LogP contribution in [0.5, 0.6) is 0 Å². The van der Waals surface area contributed by atoms with Crippen molar-refractivity contribution in [2.75, 3.05) is 20.8 Å². The molecule has 0 aliphatic heterocycles. The third-order valence-corrected chi connectivity index (χ3v) is 2.81. The van der Waals surface area contributed by atoms with E-state index in [9.17, 15) is 4.79 Å². The van der Waals surface area contributed by atoms with Crippen molar-refractivity contribution in [3.63, 3.8) is 0 Å². The van der Waals surface area contributed by atoms with E-state index in [0.29, 0.717) is 19.6 Å². The summed E-state index contributed by atoms with van der Waals surface area (Å²) >= 11 is 0. The van der Waals surface area contributed by atoms with Gasteiger partial charge >= 0.3 is 0 Å². The third-order valence-electron chi connectivity index (χ3n) is 2.81. The maximum Gasteiger partial charge on any atom is 0.248 e. The molecule has 100 valence electrons. The Hall–Kier alpha value is -1.39. The molecule has 0 bridgehead atoms. The number of amides is 1. The van der Waals surface area contributed by atoms with Crippen molar-refractivity contribution < 1.29 is 14.4 Å². The van der Waals surface area contributed by atoms with Gasteiger partial charge in [-0.3, -0.25) is 9.63 Å². The molecule has 0 aliphatic carbocycles. The van der Waals surface area contributed by atoms with Crippen molar-refractivity contribution >= 4 is 5.91 Å². The minimum atomic E-state index is -0.0919. The zero-order valence-corrected chi connectivity index (χ0v) is 11.3. The van der Waals surface area contributed by atoms with E-state index < -0.39 is 0 Å². The first-order valence-electron chi connectivity index (χ1n) is 6.08. The maximum atomic E-state index is 11.7. The fraction of sp³-hybridized carbons (Fsp3) is 0.500. The summed E-state index contributed by atoms with van der Waals surface area (Å²) in [5.74, 6) is -0.119. The topological polar surface area (TPSA) is 38.8 Å². The predicted molar refractivity (Wildman–Crippen MR) is 69.7 cm³/mol. The Balaban J connectivity index is 2.20. The standard InChI is InChI=1S/C14H21NO3/c1-12(14(16)15(2)17-3)9-10-18-11-13-7-5-4-6-8-13/h4-8,12H,9-11H2,1-3H3. The molecule has 0 heterocycles. The van der Waals surface area contributed by atoms with Gasteiger partial charge in [0.2, 0.25) is 5.91 Å². The van der Waals surface area contributed by atoms with Crippen LogP contribution in [-0.2, 0) is 21.0 Å². The number of hydrogen-bond acceptors (Lipinski definition) is 3. The van der Waals surface area contributed by atoms with Crippen LogP contribution >= 0.6 is 0 Å². The highest BCUT2D eigenvalue weighted by atomic mass is 16.7. The van der Waals surface area contributed by atoms with Crippen molar-refractivity contribution in [3.05, 3.63) is 35.9 Å². The minimum absolute atomic E-state index is 0.0270. The van der Waals surface area contributed by atoms with E-state index in [1.807, 2.05) is 37.3 Å². The van der Waals surface area contributed by atoms with Crippen LogP contribution < -0.4 is 0 Å². The summed E-state index contributed by atoms with van der Waals surface area (Å²) in [6, 6.07) is 9.99. The fourth-order valence-electron chi connectivity index (χ4n) is 1.55. The quantitative estimate of drug-likeness (QED) is 0.551. The van der Waals surface area contributed by atoms with Crippen LogP contribution in [0, 0.1) is 5.92 Å². The molecule has 0 N–H and O–H groups in total. The van der Waals surface area contributed by atoms with Gasteiger partial charge in [0.1, 0.15) is 0 Å². The van der Waals surface area contributed by atoms with Crippen molar-refractivity contribution in [2.24, 2.45) is 5.92 Å². The van der Waals surface area contributed by atoms with Crippen LogP contribution in [0.4, 0.5) is 0 Å².